The van der Waals surface area contributed by atoms with Gasteiger partial charge in [-0.15, -0.1) is 0 Å². The van der Waals surface area contributed by atoms with Gasteiger partial charge in [0.05, 0.1) is 17.8 Å². The lowest BCUT2D eigenvalue weighted by molar-refractivity contribution is -0.127. The van der Waals surface area contributed by atoms with Gasteiger partial charge in [0.25, 0.3) is 5.91 Å². The molecule has 3 aliphatic rings. The van der Waals surface area contributed by atoms with Crippen LogP contribution in [0.3, 0.4) is 0 Å². The van der Waals surface area contributed by atoms with E-state index >= 15 is 4.39 Å². The second-order valence-electron chi connectivity index (χ2n) is 11.2. The molecule has 2 bridgehead atoms. The Morgan fingerprint density at radius 3 is 2.65 bits per heavy atom. The van der Waals surface area contributed by atoms with Gasteiger partial charge in [-0.3, -0.25) is 4.79 Å². The third-order valence-corrected chi connectivity index (χ3v) is 8.24. The number of carbonyl (C=O) groups excluding carboxylic acids is 1. The van der Waals surface area contributed by atoms with Crippen LogP contribution in [0.1, 0.15) is 48.3 Å². The van der Waals surface area contributed by atoms with Crippen LogP contribution in [-0.4, -0.2) is 52.3 Å². The van der Waals surface area contributed by atoms with Crippen LogP contribution in [0.25, 0.3) is 22.0 Å². The summed E-state index contributed by atoms with van der Waals surface area (Å²) in [7, 11) is 0. The average Bonchev–Trinajstić information content (AvgIpc) is 3.09. The van der Waals surface area contributed by atoms with Crippen molar-refractivity contribution in [3.05, 3.63) is 40.6 Å². The number of halogens is 5. The van der Waals surface area contributed by atoms with Crippen LogP contribution in [0.4, 0.5) is 33.5 Å². The van der Waals surface area contributed by atoms with Crippen molar-refractivity contribution in [3.63, 3.8) is 0 Å². The lowest BCUT2D eigenvalue weighted by Gasteiger charge is -2.46. The number of nitrogens with zero attached hydrogens (tertiary/aromatic N) is 3. The summed E-state index contributed by atoms with van der Waals surface area (Å²) < 4.78 is 78.1. The normalized spacial score (nSPS) is 25.5. The highest BCUT2D eigenvalue weighted by Gasteiger charge is 2.51. The number of aromatic nitrogens is 2. The fraction of sp³-hybridized carbons (Fsp3) is 0.444. The molecule has 4 atom stereocenters. The second-order valence-corrected chi connectivity index (χ2v) is 11.2. The van der Waals surface area contributed by atoms with Gasteiger partial charge in [0.2, 0.25) is 5.88 Å². The molecule has 3 aromatic rings. The maximum absolute atomic E-state index is 16.6. The van der Waals surface area contributed by atoms with E-state index in [1.165, 1.54) is 6.92 Å². The van der Waals surface area contributed by atoms with E-state index in [0.29, 0.717) is 6.54 Å². The van der Waals surface area contributed by atoms with Gasteiger partial charge in [0, 0.05) is 40.3 Å². The highest BCUT2D eigenvalue weighted by Crippen LogP contribution is 2.47. The first kappa shape index (κ1) is 26.5. The summed E-state index contributed by atoms with van der Waals surface area (Å²) >= 11 is 0. The first-order chi connectivity index (χ1) is 18.7. The van der Waals surface area contributed by atoms with E-state index < -0.39 is 53.1 Å². The quantitative estimate of drug-likeness (QED) is 0.324. The Morgan fingerprint density at radius 1 is 1.25 bits per heavy atom. The first-order valence-corrected chi connectivity index (χ1v) is 12.9. The van der Waals surface area contributed by atoms with Crippen molar-refractivity contribution < 1.29 is 31.5 Å². The van der Waals surface area contributed by atoms with Crippen LogP contribution in [0.15, 0.2) is 12.1 Å². The maximum atomic E-state index is 16.6. The zero-order chi connectivity index (χ0) is 28.9. The number of piperazine rings is 1. The molecule has 0 aliphatic carbocycles. The van der Waals surface area contributed by atoms with Gasteiger partial charge in [-0.25, -0.2) is 18.7 Å². The lowest BCUT2D eigenvalue weighted by Crippen LogP contribution is -2.66. The van der Waals surface area contributed by atoms with E-state index in [4.69, 9.17) is 16.2 Å². The first-order valence-electron chi connectivity index (χ1n) is 12.9. The molecular formula is C27H27F5N6O2. The average molecular weight is 563 g/mol. The number of pyridine rings is 2. The zero-order valence-electron chi connectivity index (χ0n) is 21.9. The van der Waals surface area contributed by atoms with E-state index in [2.05, 4.69) is 22.2 Å². The largest absolute Gasteiger partial charge is 0.472 e. The highest BCUT2D eigenvalue weighted by atomic mass is 19.4. The molecule has 2 saturated heterocycles. The SMILES string of the molecule is Cc1c(C(N)=O)nc2c3c(nc(-c4cc(N)cc(F)c4CC(F)(F)F)c(F)c13)O[C@@H](C)[C@@H]1[C@@H]3CC[C@](C)(CN21)N3. The van der Waals surface area contributed by atoms with E-state index in [0.717, 1.165) is 25.0 Å². The number of fused-ring (bicyclic) bond motifs is 5. The summed E-state index contributed by atoms with van der Waals surface area (Å²) in [6, 6.07) is 1.51. The number of hydrogen-bond donors (Lipinski definition) is 3. The predicted octanol–water partition coefficient (Wildman–Crippen LogP) is 4.15. The number of rotatable bonds is 3. The van der Waals surface area contributed by atoms with Gasteiger partial charge in [0.1, 0.15) is 29.1 Å². The molecule has 2 aromatic heterocycles. The summed E-state index contributed by atoms with van der Waals surface area (Å²) in [4.78, 5) is 23.4. The van der Waals surface area contributed by atoms with Crippen molar-refractivity contribution in [2.75, 3.05) is 17.2 Å². The van der Waals surface area contributed by atoms with Crippen LogP contribution in [0, 0.1) is 18.6 Å². The van der Waals surface area contributed by atoms with Gasteiger partial charge in [0.15, 0.2) is 5.82 Å². The minimum absolute atomic E-state index is 0.0102. The van der Waals surface area contributed by atoms with E-state index in [-0.39, 0.29) is 57.0 Å². The minimum atomic E-state index is -4.80. The van der Waals surface area contributed by atoms with Gasteiger partial charge >= 0.3 is 6.18 Å². The summed E-state index contributed by atoms with van der Waals surface area (Å²) in [6.07, 6.45) is -5.26. The van der Waals surface area contributed by atoms with E-state index in [9.17, 15) is 22.4 Å². The van der Waals surface area contributed by atoms with Crippen molar-refractivity contribution >= 4 is 28.2 Å². The third-order valence-electron chi connectivity index (χ3n) is 8.24. The number of nitrogens with two attached hydrogens (primary N) is 2. The van der Waals surface area contributed by atoms with Gasteiger partial charge < -0.3 is 26.4 Å². The Kier molecular flexibility index (Phi) is 5.71. The number of aryl methyl sites for hydroxylation is 1. The number of alkyl halides is 3. The molecule has 0 spiro atoms. The predicted molar refractivity (Wildman–Crippen MR) is 138 cm³/mol. The number of anilines is 2. The van der Waals surface area contributed by atoms with Gasteiger partial charge in [-0.05, 0) is 51.3 Å². The number of nitrogens with one attached hydrogen (secondary N) is 1. The molecule has 0 unspecified atom stereocenters. The standard InChI is InChI=1S/C27H27F5N6O2/c1-10-17-18-24(35-20(10)23(34)39)38-9-26(3)5-4-16(37-26)22(38)11(2)40-25(18)36-21(19(17)29)13-6-12(33)7-15(28)14(13)8-27(30,31)32/h6-7,11,16,22,37H,4-5,8-9,33H2,1-3H3,(H2,34,39)/t11-,16-,22+,26+/m0/s1. The molecule has 0 radical (unpaired) electrons. The van der Waals surface area contributed by atoms with Crippen molar-refractivity contribution in [1.29, 1.82) is 0 Å². The number of primary amides is 1. The Hall–Kier alpha value is -3.74. The highest BCUT2D eigenvalue weighted by molar-refractivity contribution is 6.06. The number of carbonyl (C=O) groups is 1. The minimum Gasteiger partial charge on any atom is -0.472 e. The fourth-order valence-electron chi connectivity index (χ4n) is 6.61. The molecule has 0 saturated carbocycles. The van der Waals surface area contributed by atoms with Crippen LogP contribution in [0.2, 0.25) is 0 Å². The smallest absolute Gasteiger partial charge is 0.393 e. The fourth-order valence-corrected chi connectivity index (χ4v) is 6.61. The van der Waals surface area contributed by atoms with Crippen LogP contribution >= 0.6 is 0 Å². The van der Waals surface area contributed by atoms with Crippen molar-refractivity contribution in [1.82, 2.24) is 15.3 Å². The molecule has 8 nitrogen and oxygen atoms in total. The lowest BCUT2D eigenvalue weighted by atomic mass is 9.94. The van der Waals surface area contributed by atoms with Crippen LogP contribution in [-0.2, 0) is 6.42 Å². The van der Waals surface area contributed by atoms with Crippen molar-refractivity contribution in [2.45, 2.75) is 69.9 Å². The molecule has 13 heteroatoms. The Labute approximate surface area is 225 Å². The Bertz CT molecular complexity index is 1590. The molecule has 212 valence electrons. The van der Waals surface area contributed by atoms with Gasteiger partial charge in [-0.1, -0.05) is 0 Å². The molecule has 3 aliphatic heterocycles. The second kappa shape index (κ2) is 8.63. The maximum Gasteiger partial charge on any atom is 0.393 e. The molecule has 5 heterocycles. The number of nitrogen functional groups attached to an aromatic ring is 1. The molecular weight excluding hydrogens is 535 g/mol. The third kappa shape index (κ3) is 4.01. The van der Waals surface area contributed by atoms with Crippen LogP contribution < -0.4 is 26.4 Å². The molecule has 2 fully saturated rings. The molecule has 6 rings (SSSR count). The van der Waals surface area contributed by atoms with E-state index in [1.807, 2.05) is 11.8 Å². The number of benzene rings is 1. The monoisotopic (exact) mass is 562 g/mol. The summed E-state index contributed by atoms with van der Waals surface area (Å²) in [5.74, 6) is -3.04. The number of amides is 1. The van der Waals surface area contributed by atoms with Crippen LogP contribution in [0.5, 0.6) is 5.88 Å². The summed E-state index contributed by atoms with van der Waals surface area (Å²) in [5.41, 5.74) is 8.97. The van der Waals surface area contributed by atoms with Crippen molar-refractivity contribution in [2.24, 2.45) is 5.73 Å². The summed E-state index contributed by atoms with van der Waals surface area (Å²) in [6.45, 7) is 5.80. The number of hydrogen-bond acceptors (Lipinski definition) is 7. The van der Waals surface area contributed by atoms with E-state index in [1.54, 1.807) is 0 Å². The number of ether oxygens (including phenoxy) is 1. The van der Waals surface area contributed by atoms with Crippen molar-refractivity contribution in [3.8, 4) is 17.1 Å². The zero-order valence-corrected chi connectivity index (χ0v) is 21.9. The molecule has 1 amide bonds. The Balaban J connectivity index is 1.69. The molecule has 40 heavy (non-hydrogen) atoms. The molecule has 5 N–H and O–H groups in total. The van der Waals surface area contributed by atoms with Gasteiger partial charge in [-0.2, -0.15) is 13.2 Å². The summed E-state index contributed by atoms with van der Waals surface area (Å²) in [5, 5.41) is 3.66. The Morgan fingerprint density at radius 2 is 1.98 bits per heavy atom. The molecule has 1 aromatic carbocycles. The topological polar surface area (TPSA) is 119 Å².